The minimum atomic E-state index is -0.213. The van der Waals surface area contributed by atoms with Gasteiger partial charge in [0.05, 0.1) is 13.2 Å². The van der Waals surface area contributed by atoms with Crippen LogP contribution in [0.2, 0.25) is 0 Å². The number of nitrogens with zero attached hydrogens (tertiary/aromatic N) is 3. The van der Waals surface area contributed by atoms with Crippen molar-refractivity contribution >= 4 is 5.91 Å². The van der Waals surface area contributed by atoms with Gasteiger partial charge >= 0.3 is 0 Å². The number of morpholine rings is 1. The lowest BCUT2D eigenvalue weighted by molar-refractivity contribution is -0.130. The van der Waals surface area contributed by atoms with Crippen molar-refractivity contribution in [3.8, 4) is 6.07 Å². The molecule has 1 rings (SSSR count). The maximum absolute atomic E-state index is 11.8. The van der Waals surface area contributed by atoms with Gasteiger partial charge in [-0.15, -0.1) is 0 Å². The number of nitriles is 1. The van der Waals surface area contributed by atoms with Crippen molar-refractivity contribution in [3.05, 3.63) is 11.8 Å². The third kappa shape index (κ3) is 3.26. The normalized spacial score (nSPS) is 17.1. The highest BCUT2D eigenvalue weighted by atomic mass is 16.5. The number of hydrogen-bond acceptors (Lipinski definition) is 4. The second-order valence-corrected chi connectivity index (χ2v) is 3.52. The van der Waals surface area contributed by atoms with E-state index in [0.717, 1.165) is 0 Å². The van der Waals surface area contributed by atoms with Gasteiger partial charge in [0.25, 0.3) is 5.91 Å². The van der Waals surface area contributed by atoms with Crippen LogP contribution < -0.4 is 0 Å². The maximum Gasteiger partial charge on any atom is 0.266 e. The largest absolute Gasteiger partial charge is 0.382 e. The molecule has 1 heterocycles. The van der Waals surface area contributed by atoms with E-state index in [1.807, 2.05) is 6.07 Å². The van der Waals surface area contributed by atoms with E-state index in [9.17, 15) is 4.79 Å². The fourth-order valence-corrected chi connectivity index (χ4v) is 1.33. The number of hydrogen-bond donors (Lipinski definition) is 0. The average molecular weight is 209 g/mol. The first-order valence-corrected chi connectivity index (χ1v) is 4.80. The van der Waals surface area contributed by atoms with Crippen molar-refractivity contribution in [2.45, 2.75) is 0 Å². The monoisotopic (exact) mass is 209 g/mol. The summed E-state index contributed by atoms with van der Waals surface area (Å²) >= 11 is 0. The highest BCUT2D eigenvalue weighted by Gasteiger charge is 2.20. The van der Waals surface area contributed by atoms with Crippen LogP contribution in [0.25, 0.3) is 0 Å². The van der Waals surface area contributed by atoms with Gasteiger partial charge in [-0.25, -0.2) is 0 Å². The maximum atomic E-state index is 11.8. The molecule has 0 radical (unpaired) electrons. The molecule has 0 saturated carbocycles. The van der Waals surface area contributed by atoms with Gasteiger partial charge in [-0.05, 0) is 0 Å². The zero-order valence-electron chi connectivity index (χ0n) is 9.06. The van der Waals surface area contributed by atoms with Crippen LogP contribution in [-0.2, 0) is 9.53 Å². The van der Waals surface area contributed by atoms with E-state index >= 15 is 0 Å². The van der Waals surface area contributed by atoms with E-state index in [-0.39, 0.29) is 11.5 Å². The van der Waals surface area contributed by atoms with Crippen LogP contribution in [0.3, 0.4) is 0 Å². The first-order chi connectivity index (χ1) is 7.15. The van der Waals surface area contributed by atoms with Crippen LogP contribution in [0.5, 0.6) is 0 Å². The lowest BCUT2D eigenvalue weighted by Gasteiger charge is -2.26. The van der Waals surface area contributed by atoms with E-state index in [1.54, 1.807) is 23.9 Å². The van der Waals surface area contributed by atoms with E-state index in [0.29, 0.717) is 26.3 Å². The first-order valence-electron chi connectivity index (χ1n) is 4.80. The van der Waals surface area contributed by atoms with E-state index in [4.69, 9.17) is 10.00 Å². The first kappa shape index (κ1) is 11.5. The van der Waals surface area contributed by atoms with Gasteiger partial charge in [-0.2, -0.15) is 5.26 Å². The van der Waals surface area contributed by atoms with Gasteiger partial charge in [0.15, 0.2) is 0 Å². The summed E-state index contributed by atoms with van der Waals surface area (Å²) in [6, 6.07) is 1.92. The van der Waals surface area contributed by atoms with Gasteiger partial charge in [0, 0.05) is 33.4 Å². The molecule has 0 unspecified atom stereocenters. The summed E-state index contributed by atoms with van der Waals surface area (Å²) in [5.74, 6) is -0.213. The Morgan fingerprint density at radius 3 is 2.53 bits per heavy atom. The van der Waals surface area contributed by atoms with Gasteiger partial charge in [0.1, 0.15) is 11.6 Å². The second-order valence-electron chi connectivity index (χ2n) is 3.52. The molecule has 0 spiro atoms. The van der Waals surface area contributed by atoms with Crippen LogP contribution in [-0.4, -0.2) is 56.1 Å². The van der Waals surface area contributed by atoms with Gasteiger partial charge < -0.3 is 14.5 Å². The molecule has 1 aliphatic heterocycles. The van der Waals surface area contributed by atoms with Crippen molar-refractivity contribution in [1.29, 1.82) is 5.26 Å². The molecule has 0 aliphatic carbocycles. The molecule has 0 aromatic carbocycles. The predicted molar refractivity (Wildman–Crippen MR) is 54.8 cm³/mol. The lowest BCUT2D eigenvalue weighted by atomic mass is 10.2. The minimum absolute atomic E-state index is 0.168. The van der Waals surface area contributed by atoms with Crippen molar-refractivity contribution in [1.82, 2.24) is 9.80 Å². The fraction of sp³-hybridized carbons (Fsp3) is 0.600. The summed E-state index contributed by atoms with van der Waals surface area (Å²) < 4.78 is 5.14. The van der Waals surface area contributed by atoms with Crippen molar-refractivity contribution in [3.63, 3.8) is 0 Å². The number of carbonyl (C=O) groups excluding carboxylic acids is 1. The lowest BCUT2D eigenvalue weighted by Crippen LogP contribution is -2.41. The molecule has 1 aliphatic rings. The van der Waals surface area contributed by atoms with E-state index in [2.05, 4.69) is 0 Å². The third-order valence-corrected chi connectivity index (χ3v) is 2.04. The smallest absolute Gasteiger partial charge is 0.266 e. The van der Waals surface area contributed by atoms with Crippen LogP contribution in [0.1, 0.15) is 0 Å². The highest BCUT2D eigenvalue weighted by molar-refractivity contribution is 5.97. The Morgan fingerprint density at radius 1 is 1.47 bits per heavy atom. The molecule has 5 heteroatoms. The van der Waals surface area contributed by atoms with Crippen LogP contribution >= 0.6 is 0 Å². The standard InChI is InChI=1S/C10H15N3O2/c1-12(2)8-9(7-11)10(14)13-3-5-15-6-4-13/h8H,3-6H2,1-2H3. The average Bonchev–Trinajstić information content (AvgIpc) is 2.26. The summed E-state index contributed by atoms with van der Waals surface area (Å²) in [5, 5.41) is 8.85. The van der Waals surface area contributed by atoms with Gasteiger partial charge in [-0.1, -0.05) is 0 Å². The minimum Gasteiger partial charge on any atom is -0.382 e. The number of carbonyl (C=O) groups is 1. The second kappa shape index (κ2) is 5.37. The molecule has 0 aromatic heterocycles. The quantitative estimate of drug-likeness (QED) is 0.467. The van der Waals surface area contributed by atoms with Gasteiger partial charge in [0.2, 0.25) is 0 Å². The molecule has 1 fully saturated rings. The summed E-state index contributed by atoms with van der Waals surface area (Å²) in [4.78, 5) is 15.2. The molecule has 82 valence electrons. The molecule has 5 nitrogen and oxygen atoms in total. The Morgan fingerprint density at radius 2 is 2.07 bits per heavy atom. The molecule has 0 N–H and O–H groups in total. The third-order valence-electron chi connectivity index (χ3n) is 2.04. The van der Waals surface area contributed by atoms with E-state index in [1.165, 1.54) is 6.20 Å². The molecular formula is C10H15N3O2. The van der Waals surface area contributed by atoms with Crippen LogP contribution in [0, 0.1) is 11.3 Å². The number of ether oxygens (including phenoxy) is 1. The molecule has 1 saturated heterocycles. The Balaban J connectivity index is 2.68. The summed E-state index contributed by atoms with van der Waals surface area (Å²) in [6.07, 6.45) is 1.54. The zero-order chi connectivity index (χ0) is 11.3. The summed E-state index contributed by atoms with van der Waals surface area (Å²) in [7, 11) is 3.56. The molecule has 1 amide bonds. The Bertz CT molecular complexity index is 298. The fourth-order valence-electron chi connectivity index (χ4n) is 1.33. The topological polar surface area (TPSA) is 56.6 Å². The zero-order valence-corrected chi connectivity index (χ0v) is 9.06. The molecule has 0 aromatic rings. The van der Waals surface area contributed by atoms with Crippen LogP contribution in [0.4, 0.5) is 0 Å². The van der Waals surface area contributed by atoms with E-state index < -0.39 is 0 Å². The Kier molecular flexibility index (Phi) is 4.13. The van der Waals surface area contributed by atoms with Crippen molar-refractivity contribution in [2.24, 2.45) is 0 Å². The summed E-state index contributed by atoms with van der Waals surface area (Å²) in [5.41, 5.74) is 0.168. The number of rotatable bonds is 2. The van der Waals surface area contributed by atoms with Crippen molar-refractivity contribution < 1.29 is 9.53 Å². The molecule has 0 bridgehead atoms. The van der Waals surface area contributed by atoms with Crippen LogP contribution in [0.15, 0.2) is 11.8 Å². The SMILES string of the molecule is CN(C)C=C(C#N)C(=O)N1CCOCC1. The Hall–Kier alpha value is -1.54. The summed E-state index contributed by atoms with van der Waals surface area (Å²) in [6.45, 7) is 2.22. The van der Waals surface area contributed by atoms with Crippen molar-refractivity contribution in [2.75, 3.05) is 40.4 Å². The highest BCUT2D eigenvalue weighted by Crippen LogP contribution is 2.05. The number of amides is 1. The predicted octanol–water partition coefficient (Wildman–Crippen LogP) is -0.186. The Labute approximate surface area is 89.5 Å². The molecule has 0 atom stereocenters. The molecular weight excluding hydrogens is 194 g/mol. The molecule has 15 heavy (non-hydrogen) atoms. The van der Waals surface area contributed by atoms with Gasteiger partial charge in [-0.3, -0.25) is 4.79 Å².